The van der Waals surface area contributed by atoms with Crippen LogP contribution in [0.3, 0.4) is 0 Å². The number of ether oxygens (including phenoxy) is 2. The van der Waals surface area contributed by atoms with Crippen LogP contribution < -0.4 is 5.32 Å². The second-order valence-electron chi connectivity index (χ2n) is 4.68. The van der Waals surface area contributed by atoms with Crippen molar-refractivity contribution >= 4 is 11.9 Å². The maximum absolute atomic E-state index is 11.9. The molecule has 0 spiro atoms. The molecule has 104 valence electrons. The summed E-state index contributed by atoms with van der Waals surface area (Å²) >= 11 is 0. The highest BCUT2D eigenvalue weighted by Gasteiger charge is 2.36. The van der Waals surface area contributed by atoms with Crippen LogP contribution in [0.2, 0.25) is 0 Å². The Hall–Kier alpha value is -1.10. The van der Waals surface area contributed by atoms with Crippen LogP contribution in [0, 0.1) is 5.92 Å². The van der Waals surface area contributed by atoms with E-state index in [4.69, 9.17) is 9.47 Å². The van der Waals surface area contributed by atoms with E-state index in [9.17, 15) is 9.59 Å². The van der Waals surface area contributed by atoms with Gasteiger partial charge in [0.2, 0.25) is 12.2 Å². The zero-order valence-corrected chi connectivity index (χ0v) is 11.4. The van der Waals surface area contributed by atoms with Gasteiger partial charge >= 0.3 is 5.97 Å². The third kappa shape index (κ3) is 4.29. The van der Waals surface area contributed by atoms with E-state index in [0.717, 1.165) is 19.3 Å². The zero-order chi connectivity index (χ0) is 13.5. The van der Waals surface area contributed by atoms with Gasteiger partial charge in [-0.1, -0.05) is 26.7 Å². The van der Waals surface area contributed by atoms with Gasteiger partial charge in [0.15, 0.2) is 0 Å². The molecule has 0 bridgehead atoms. The second-order valence-corrected chi connectivity index (χ2v) is 4.68. The Morgan fingerprint density at radius 1 is 1.56 bits per heavy atom. The van der Waals surface area contributed by atoms with Crippen LogP contribution in [0.15, 0.2) is 0 Å². The van der Waals surface area contributed by atoms with Crippen molar-refractivity contribution in [3.63, 3.8) is 0 Å². The second kappa shape index (κ2) is 7.36. The van der Waals surface area contributed by atoms with Gasteiger partial charge in [-0.25, -0.2) is 0 Å². The Morgan fingerprint density at radius 3 is 2.89 bits per heavy atom. The lowest BCUT2D eigenvalue weighted by atomic mass is 10.0. The molecule has 3 atom stereocenters. The van der Waals surface area contributed by atoms with Gasteiger partial charge in [-0.05, 0) is 13.3 Å². The van der Waals surface area contributed by atoms with Gasteiger partial charge in [0.25, 0.3) is 0 Å². The molecule has 5 heteroatoms. The van der Waals surface area contributed by atoms with E-state index in [1.165, 1.54) is 0 Å². The maximum Gasteiger partial charge on any atom is 0.310 e. The molecule has 1 fully saturated rings. The quantitative estimate of drug-likeness (QED) is 0.704. The molecule has 0 aromatic heterocycles. The molecule has 1 N–H and O–H groups in total. The highest BCUT2D eigenvalue weighted by atomic mass is 16.7. The maximum atomic E-state index is 11.9. The van der Waals surface area contributed by atoms with Gasteiger partial charge in [-0.15, -0.1) is 0 Å². The average Bonchev–Trinajstić information content (AvgIpc) is 2.67. The third-order valence-electron chi connectivity index (χ3n) is 3.06. The summed E-state index contributed by atoms with van der Waals surface area (Å²) in [6.45, 7) is 6.28. The number of carbonyl (C=O) groups excluding carboxylic acids is 2. The smallest absolute Gasteiger partial charge is 0.310 e. The van der Waals surface area contributed by atoms with Gasteiger partial charge in [-0.2, -0.15) is 0 Å². The van der Waals surface area contributed by atoms with Gasteiger partial charge < -0.3 is 14.8 Å². The van der Waals surface area contributed by atoms with Crippen molar-refractivity contribution in [2.24, 2.45) is 5.92 Å². The Bertz CT molecular complexity index is 293. The first-order valence-corrected chi connectivity index (χ1v) is 6.69. The summed E-state index contributed by atoms with van der Waals surface area (Å²) in [7, 11) is 0. The molecule has 0 saturated carbocycles. The van der Waals surface area contributed by atoms with Crippen LogP contribution in [-0.2, 0) is 19.1 Å². The Kier molecular flexibility index (Phi) is 6.12. The summed E-state index contributed by atoms with van der Waals surface area (Å²) < 4.78 is 10.3. The average molecular weight is 257 g/mol. The minimum absolute atomic E-state index is 0.0311. The van der Waals surface area contributed by atoms with Crippen LogP contribution in [0.4, 0.5) is 0 Å². The molecular formula is C13H23NO4. The van der Waals surface area contributed by atoms with E-state index in [0.29, 0.717) is 6.61 Å². The lowest BCUT2D eigenvalue weighted by Gasteiger charge is -2.20. The van der Waals surface area contributed by atoms with Crippen molar-refractivity contribution in [2.75, 3.05) is 6.61 Å². The number of rotatable bonds is 7. The van der Waals surface area contributed by atoms with Crippen molar-refractivity contribution in [1.29, 1.82) is 0 Å². The fourth-order valence-electron chi connectivity index (χ4n) is 1.94. The largest absolute Gasteiger partial charge is 0.433 e. The standard InChI is InChI=1S/C13H23NO4/c1-4-6-7-9(3)12(16)14-10-8-11(15)18-13(10)17-5-2/h9-10,13H,4-8H2,1-3H3,(H,14,16)/t9-,10?,13+/m0/s1. The first-order valence-electron chi connectivity index (χ1n) is 6.69. The van der Waals surface area contributed by atoms with E-state index in [-0.39, 0.29) is 30.3 Å². The molecule has 1 aliphatic rings. The molecular weight excluding hydrogens is 234 g/mol. The molecule has 0 radical (unpaired) electrons. The van der Waals surface area contributed by atoms with E-state index in [1.807, 2.05) is 13.8 Å². The molecule has 1 saturated heterocycles. The van der Waals surface area contributed by atoms with E-state index in [1.54, 1.807) is 0 Å². The van der Waals surface area contributed by atoms with Gasteiger partial charge in [-0.3, -0.25) is 9.59 Å². The predicted molar refractivity (Wildman–Crippen MR) is 66.7 cm³/mol. The monoisotopic (exact) mass is 257 g/mol. The minimum Gasteiger partial charge on any atom is -0.433 e. The Labute approximate surface area is 108 Å². The first kappa shape index (κ1) is 15.0. The van der Waals surface area contributed by atoms with Crippen molar-refractivity contribution in [3.8, 4) is 0 Å². The molecule has 18 heavy (non-hydrogen) atoms. The number of amides is 1. The van der Waals surface area contributed by atoms with Crippen molar-refractivity contribution in [1.82, 2.24) is 5.32 Å². The third-order valence-corrected chi connectivity index (χ3v) is 3.06. The fraction of sp³-hybridized carbons (Fsp3) is 0.846. The number of hydrogen-bond acceptors (Lipinski definition) is 4. The van der Waals surface area contributed by atoms with Crippen molar-refractivity contribution in [3.05, 3.63) is 0 Å². The van der Waals surface area contributed by atoms with Crippen LogP contribution in [0.1, 0.15) is 46.5 Å². The topological polar surface area (TPSA) is 64.6 Å². The van der Waals surface area contributed by atoms with Crippen molar-refractivity contribution in [2.45, 2.75) is 58.8 Å². The zero-order valence-electron chi connectivity index (χ0n) is 11.4. The van der Waals surface area contributed by atoms with Crippen molar-refractivity contribution < 1.29 is 19.1 Å². The molecule has 1 unspecified atom stereocenters. The van der Waals surface area contributed by atoms with Gasteiger partial charge in [0.1, 0.15) is 6.04 Å². The van der Waals surface area contributed by atoms with E-state index >= 15 is 0 Å². The Morgan fingerprint density at radius 2 is 2.28 bits per heavy atom. The highest BCUT2D eigenvalue weighted by Crippen LogP contribution is 2.17. The summed E-state index contributed by atoms with van der Waals surface area (Å²) in [6.07, 6.45) is 2.53. The van der Waals surface area contributed by atoms with Gasteiger partial charge in [0, 0.05) is 12.5 Å². The summed E-state index contributed by atoms with van der Waals surface area (Å²) in [4.78, 5) is 23.1. The number of esters is 1. The van der Waals surface area contributed by atoms with Gasteiger partial charge in [0.05, 0.1) is 6.42 Å². The molecule has 1 rings (SSSR count). The molecule has 1 aliphatic heterocycles. The molecule has 0 aliphatic carbocycles. The Balaban J connectivity index is 2.44. The lowest BCUT2D eigenvalue weighted by Crippen LogP contribution is -2.43. The van der Waals surface area contributed by atoms with Crippen LogP contribution in [-0.4, -0.2) is 30.8 Å². The summed E-state index contributed by atoms with van der Waals surface area (Å²) in [5.41, 5.74) is 0. The SMILES string of the molecule is CCCC[C@H](C)C(=O)NC1CC(=O)O[C@H]1OCC. The first-order chi connectivity index (χ1) is 8.58. The molecule has 1 amide bonds. The van der Waals surface area contributed by atoms with E-state index in [2.05, 4.69) is 12.2 Å². The number of hydrogen-bond donors (Lipinski definition) is 1. The molecule has 0 aromatic carbocycles. The molecule has 5 nitrogen and oxygen atoms in total. The number of cyclic esters (lactones) is 1. The number of unbranched alkanes of at least 4 members (excludes halogenated alkanes) is 1. The van der Waals surface area contributed by atoms with E-state index < -0.39 is 6.29 Å². The van der Waals surface area contributed by atoms with Crippen LogP contribution >= 0.6 is 0 Å². The normalized spacial score (nSPS) is 24.7. The summed E-state index contributed by atoms with van der Waals surface area (Å²) in [5, 5.41) is 2.84. The number of nitrogens with one attached hydrogen (secondary N) is 1. The summed E-state index contributed by atoms with van der Waals surface area (Å²) in [6, 6.07) is -0.353. The minimum atomic E-state index is -0.634. The highest BCUT2D eigenvalue weighted by molar-refractivity contribution is 5.80. The van der Waals surface area contributed by atoms with Crippen LogP contribution in [0.5, 0.6) is 0 Å². The molecule has 1 heterocycles. The summed E-state index contributed by atoms with van der Waals surface area (Å²) in [5.74, 6) is -0.389. The molecule has 0 aromatic rings. The number of carbonyl (C=O) groups is 2. The fourth-order valence-corrected chi connectivity index (χ4v) is 1.94. The lowest BCUT2D eigenvalue weighted by molar-refractivity contribution is -0.164. The van der Waals surface area contributed by atoms with Crippen LogP contribution in [0.25, 0.3) is 0 Å². The predicted octanol–water partition coefficient (Wildman–Crippen LogP) is 1.61.